The molecule has 0 spiro atoms. The van der Waals surface area contributed by atoms with Crippen LogP contribution in [0.4, 0.5) is 5.69 Å². The van der Waals surface area contributed by atoms with Gasteiger partial charge in [0.1, 0.15) is 0 Å². The number of ketones is 1. The first-order valence-electron chi connectivity index (χ1n) is 10.8. The molecule has 0 radical (unpaired) electrons. The number of anilines is 1. The van der Waals surface area contributed by atoms with E-state index in [9.17, 15) is 14.7 Å². The summed E-state index contributed by atoms with van der Waals surface area (Å²) in [6.45, 7) is 1.90. The van der Waals surface area contributed by atoms with Crippen molar-refractivity contribution in [2.45, 2.75) is 19.1 Å². The molecule has 0 unspecified atom stereocenters. The quantitative estimate of drug-likeness (QED) is 0.390. The van der Waals surface area contributed by atoms with Crippen LogP contribution in [0.2, 0.25) is 5.02 Å². The highest BCUT2D eigenvalue weighted by atomic mass is 35.5. The van der Waals surface area contributed by atoms with Crippen molar-refractivity contribution in [1.82, 2.24) is 0 Å². The summed E-state index contributed by atoms with van der Waals surface area (Å²) in [5, 5.41) is 14.4. The van der Waals surface area contributed by atoms with Gasteiger partial charge in [-0.05, 0) is 46.7 Å². The molecule has 0 bridgehead atoms. The number of hydrogen-bond acceptors (Lipinski definition) is 3. The molecule has 4 aromatic carbocycles. The van der Waals surface area contributed by atoms with Crippen molar-refractivity contribution < 1.29 is 14.7 Å². The van der Waals surface area contributed by atoms with Gasteiger partial charge in [0.2, 0.25) is 0 Å². The Kier molecular flexibility index (Phi) is 5.28. The van der Waals surface area contributed by atoms with Crippen LogP contribution in [-0.2, 0) is 16.9 Å². The van der Waals surface area contributed by atoms with E-state index in [1.165, 1.54) is 0 Å². The Morgan fingerprint density at radius 1 is 0.939 bits per heavy atom. The van der Waals surface area contributed by atoms with Crippen LogP contribution in [0.1, 0.15) is 28.4 Å². The lowest BCUT2D eigenvalue weighted by molar-refractivity contribution is -0.139. The number of amides is 1. The zero-order chi connectivity index (χ0) is 23.2. The molecule has 5 rings (SSSR count). The third-order valence-corrected chi connectivity index (χ3v) is 6.79. The molecule has 1 aliphatic heterocycles. The van der Waals surface area contributed by atoms with Gasteiger partial charge in [-0.3, -0.25) is 9.59 Å². The van der Waals surface area contributed by atoms with E-state index in [4.69, 9.17) is 11.6 Å². The fourth-order valence-electron chi connectivity index (χ4n) is 4.69. The lowest BCUT2D eigenvalue weighted by Crippen LogP contribution is -2.47. The van der Waals surface area contributed by atoms with Gasteiger partial charge in [0.25, 0.3) is 5.91 Å². The maximum atomic E-state index is 13.8. The minimum absolute atomic E-state index is 0.293. The van der Waals surface area contributed by atoms with Crippen LogP contribution in [0.15, 0.2) is 91.0 Å². The fraction of sp³-hybridized carbons (Fsp3) is 0.143. The van der Waals surface area contributed by atoms with Crippen LogP contribution in [0.5, 0.6) is 0 Å². The summed E-state index contributed by atoms with van der Waals surface area (Å²) in [4.78, 5) is 28.6. The molecule has 1 N–H and O–H groups in total. The Morgan fingerprint density at radius 2 is 1.61 bits per heavy atom. The van der Waals surface area contributed by atoms with E-state index in [-0.39, 0.29) is 5.78 Å². The SMILES string of the molecule is C[C@H](C(=O)c1ccc(Cl)cc1)[C@]1(O)C(=O)N(Cc2cccc3ccccc23)c2ccccc21. The molecule has 0 fully saturated rings. The summed E-state index contributed by atoms with van der Waals surface area (Å²) in [6.07, 6.45) is 0. The highest BCUT2D eigenvalue weighted by molar-refractivity contribution is 6.30. The van der Waals surface area contributed by atoms with Crippen LogP contribution in [-0.4, -0.2) is 16.8 Å². The fourth-order valence-corrected chi connectivity index (χ4v) is 4.82. The van der Waals surface area contributed by atoms with E-state index in [0.29, 0.717) is 28.4 Å². The van der Waals surface area contributed by atoms with Gasteiger partial charge in [-0.2, -0.15) is 0 Å². The largest absolute Gasteiger partial charge is 0.375 e. The molecule has 4 aromatic rings. The van der Waals surface area contributed by atoms with E-state index in [0.717, 1.165) is 16.3 Å². The molecule has 1 amide bonds. The third-order valence-electron chi connectivity index (χ3n) is 6.53. The van der Waals surface area contributed by atoms with Gasteiger partial charge in [-0.15, -0.1) is 0 Å². The second-order valence-corrected chi connectivity index (χ2v) is 8.84. The normalized spacial score (nSPS) is 18.4. The number of halogens is 1. The molecule has 33 heavy (non-hydrogen) atoms. The molecule has 0 aromatic heterocycles. The van der Waals surface area contributed by atoms with Crippen LogP contribution in [0, 0.1) is 5.92 Å². The second kappa shape index (κ2) is 8.14. The molecular weight excluding hydrogens is 434 g/mol. The average molecular weight is 456 g/mol. The summed E-state index contributed by atoms with van der Waals surface area (Å²) >= 11 is 5.96. The van der Waals surface area contributed by atoms with Gasteiger partial charge < -0.3 is 10.0 Å². The summed E-state index contributed by atoms with van der Waals surface area (Å²) in [7, 11) is 0. The van der Waals surface area contributed by atoms with Gasteiger partial charge >= 0.3 is 0 Å². The van der Waals surface area contributed by atoms with Gasteiger partial charge in [0.05, 0.1) is 18.2 Å². The zero-order valence-electron chi connectivity index (χ0n) is 18.0. The number of rotatable bonds is 5. The van der Waals surface area contributed by atoms with E-state index < -0.39 is 17.4 Å². The van der Waals surface area contributed by atoms with Crippen LogP contribution < -0.4 is 4.90 Å². The number of fused-ring (bicyclic) bond motifs is 2. The van der Waals surface area contributed by atoms with Crippen molar-refractivity contribution in [2.24, 2.45) is 5.92 Å². The van der Waals surface area contributed by atoms with Crippen molar-refractivity contribution in [3.05, 3.63) is 113 Å². The Balaban J connectivity index is 1.55. The second-order valence-electron chi connectivity index (χ2n) is 8.41. The van der Waals surface area contributed by atoms with Gasteiger partial charge in [-0.25, -0.2) is 0 Å². The van der Waals surface area contributed by atoms with E-state index in [1.54, 1.807) is 48.2 Å². The van der Waals surface area contributed by atoms with Crippen molar-refractivity contribution in [3.8, 4) is 0 Å². The van der Waals surface area contributed by atoms with Crippen molar-refractivity contribution >= 4 is 39.8 Å². The Labute approximate surface area is 197 Å². The van der Waals surface area contributed by atoms with Gasteiger partial charge in [-0.1, -0.05) is 79.2 Å². The smallest absolute Gasteiger partial charge is 0.264 e. The predicted octanol–water partition coefficient (Wildman–Crippen LogP) is 5.75. The molecule has 0 aliphatic carbocycles. The predicted molar refractivity (Wildman–Crippen MR) is 130 cm³/mol. The van der Waals surface area contributed by atoms with Crippen LogP contribution in [0.25, 0.3) is 10.8 Å². The maximum absolute atomic E-state index is 13.8. The molecular formula is C28H22ClNO3. The molecule has 2 atom stereocenters. The highest BCUT2D eigenvalue weighted by Crippen LogP contribution is 2.46. The third kappa shape index (κ3) is 3.43. The number of para-hydroxylation sites is 1. The standard InChI is InChI=1S/C28H22ClNO3/c1-18(26(31)20-13-15-22(29)16-14-20)28(33)24-11-4-5-12-25(24)30(27(28)32)17-21-9-6-8-19-7-2-3-10-23(19)21/h2-16,18,33H,17H2,1H3/t18-,28-/m1/s1. The first-order chi connectivity index (χ1) is 15.9. The average Bonchev–Trinajstić information content (AvgIpc) is 3.06. The molecule has 0 saturated heterocycles. The Hall–Kier alpha value is -3.47. The molecule has 5 heteroatoms. The van der Waals surface area contributed by atoms with Crippen LogP contribution in [0.3, 0.4) is 0 Å². The first-order valence-corrected chi connectivity index (χ1v) is 11.2. The number of aliphatic hydroxyl groups is 1. The van der Waals surface area contributed by atoms with Crippen LogP contribution >= 0.6 is 11.6 Å². The number of Topliss-reactive ketones (excluding diaryl/α,β-unsaturated/α-hetero) is 1. The number of nitrogens with zero attached hydrogens (tertiary/aromatic N) is 1. The topological polar surface area (TPSA) is 57.6 Å². The molecule has 1 heterocycles. The minimum Gasteiger partial charge on any atom is -0.375 e. The highest BCUT2D eigenvalue weighted by Gasteiger charge is 2.55. The number of carbonyl (C=O) groups is 2. The van der Waals surface area contributed by atoms with Crippen molar-refractivity contribution in [1.29, 1.82) is 0 Å². The Morgan fingerprint density at radius 3 is 2.39 bits per heavy atom. The summed E-state index contributed by atoms with van der Waals surface area (Å²) < 4.78 is 0. The minimum atomic E-state index is -1.96. The number of hydrogen-bond donors (Lipinski definition) is 1. The summed E-state index contributed by atoms with van der Waals surface area (Å²) in [5.74, 6) is -1.79. The summed E-state index contributed by atoms with van der Waals surface area (Å²) in [6, 6.07) is 27.6. The number of benzene rings is 4. The maximum Gasteiger partial charge on any atom is 0.264 e. The van der Waals surface area contributed by atoms with E-state index >= 15 is 0 Å². The lowest BCUT2D eigenvalue weighted by atomic mass is 9.79. The Bertz CT molecular complexity index is 1380. The van der Waals surface area contributed by atoms with Gasteiger partial charge in [0, 0.05) is 16.1 Å². The molecule has 0 saturated carbocycles. The molecule has 1 aliphatic rings. The van der Waals surface area contributed by atoms with Crippen molar-refractivity contribution in [2.75, 3.05) is 4.90 Å². The summed E-state index contributed by atoms with van der Waals surface area (Å²) in [5.41, 5.74) is 0.479. The molecule has 4 nitrogen and oxygen atoms in total. The van der Waals surface area contributed by atoms with E-state index in [2.05, 4.69) is 0 Å². The molecule has 164 valence electrons. The van der Waals surface area contributed by atoms with Crippen molar-refractivity contribution in [3.63, 3.8) is 0 Å². The van der Waals surface area contributed by atoms with E-state index in [1.807, 2.05) is 54.6 Å². The zero-order valence-corrected chi connectivity index (χ0v) is 18.8. The number of carbonyl (C=O) groups excluding carboxylic acids is 2. The lowest BCUT2D eigenvalue weighted by Gasteiger charge is -2.28. The first kappa shape index (κ1) is 21.4. The monoisotopic (exact) mass is 455 g/mol. The van der Waals surface area contributed by atoms with Gasteiger partial charge in [0.15, 0.2) is 11.4 Å².